The number of nitrogens with zero attached hydrogens (tertiary/aromatic N) is 5. The van der Waals surface area contributed by atoms with Gasteiger partial charge in [0.2, 0.25) is 0 Å². The van der Waals surface area contributed by atoms with Crippen molar-refractivity contribution in [1.29, 1.82) is 10.5 Å². The molecular weight excluding hydrogens is 889 g/mol. The van der Waals surface area contributed by atoms with Crippen LogP contribution in [0.15, 0.2) is 25.0 Å². The van der Waals surface area contributed by atoms with Crippen molar-refractivity contribution < 1.29 is 19.8 Å². The average molecular weight is 976 g/mol. The van der Waals surface area contributed by atoms with Crippen molar-refractivity contribution in [3.8, 4) is 12.1 Å². The van der Waals surface area contributed by atoms with Crippen LogP contribution < -0.4 is 0 Å². The number of nitriles is 2. The van der Waals surface area contributed by atoms with Gasteiger partial charge in [0.25, 0.3) is 0 Å². The highest BCUT2D eigenvalue weighted by Crippen LogP contribution is 2.70. The number of carbonyl (C=O) groups is 2. The first-order valence-corrected chi connectivity index (χ1v) is 25.8. The van der Waals surface area contributed by atoms with Gasteiger partial charge >= 0.3 is 0 Å². The summed E-state index contributed by atoms with van der Waals surface area (Å²) >= 11 is 3.43. The third-order valence-corrected chi connectivity index (χ3v) is 21.1. The van der Waals surface area contributed by atoms with Crippen molar-refractivity contribution in [2.45, 2.75) is 197 Å². The zero-order valence-corrected chi connectivity index (χ0v) is 40.6. The lowest BCUT2D eigenvalue weighted by atomic mass is 9.44. The summed E-state index contributed by atoms with van der Waals surface area (Å²) in [6.45, 7) is 14.3. The van der Waals surface area contributed by atoms with Gasteiger partial charge in [0, 0.05) is 18.0 Å². The molecule has 8 aliphatic rings. The first-order chi connectivity index (χ1) is 29.8. The quantitative estimate of drug-likeness (QED) is 0.249. The summed E-state index contributed by atoms with van der Waals surface area (Å²) in [5.74, 6) is 7.04. The van der Waals surface area contributed by atoms with Gasteiger partial charge in [-0.25, -0.2) is 9.97 Å². The van der Waals surface area contributed by atoms with E-state index in [4.69, 9.17) is 10.5 Å². The molecule has 8 saturated carbocycles. The molecule has 10 rings (SSSR count). The lowest BCUT2D eigenvalue weighted by Crippen LogP contribution is -2.55. The molecular formula is C55H87BrN6O4. The molecule has 2 heterocycles. The second kappa shape index (κ2) is 20.2. The van der Waals surface area contributed by atoms with Gasteiger partial charge in [-0.05, 0) is 198 Å². The molecule has 8 aliphatic carbocycles. The Morgan fingerprint density at radius 3 is 1.58 bits per heavy atom. The normalized spacial score (nSPS) is 43.6. The SMILES string of the molecule is C.C.C.C[C@@]1(O)CC[C@@]2(C)[C@@H](CC[C@@H]3[C@@H]2CC[C@]2(C)[C@@H](C(=O)CBr)CC[C@@H]32)C1.C[C@@]1(O)CC[C@@]2(C)[C@@H](CC[C@@H]3[C@@H]2CC[C@]2(C)[C@@H](C(=O)Cn4cnc(C#N)c4)CC[C@@H]32)C1.N#Cc1cnc[nH]1. The van der Waals surface area contributed by atoms with E-state index >= 15 is 0 Å². The van der Waals surface area contributed by atoms with Gasteiger partial charge in [-0.1, -0.05) is 65.9 Å². The van der Waals surface area contributed by atoms with Crippen LogP contribution in [0.3, 0.4) is 0 Å². The van der Waals surface area contributed by atoms with Crippen LogP contribution in [-0.4, -0.2) is 57.8 Å². The zero-order valence-electron chi connectivity index (χ0n) is 39.0. The van der Waals surface area contributed by atoms with Crippen LogP contribution in [0.5, 0.6) is 0 Å². The van der Waals surface area contributed by atoms with E-state index < -0.39 is 11.2 Å². The number of aromatic nitrogens is 4. The number of hydrogen-bond donors (Lipinski definition) is 3. The van der Waals surface area contributed by atoms with E-state index in [0.717, 1.165) is 81.0 Å². The van der Waals surface area contributed by atoms with E-state index in [2.05, 4.69) is 58.6 Å². The summed E-state index contributed by atoms with van der Waals surface area (Å²) in [5.41, 5.74) is 1.09. The Balaban J connectivity index is 0.000000210. The standard InChI is InChI=1S/C26H37N3O2.C22H35BrO2.C4H3N3.3CH4/c1-24(31)10-11-25(2)17(12-24)4-5-19-20-6-7-22(26(20,3)9-8-21(19)25)23(30)15-29-14-18(13-27)28-16-29;1-20(25)10-11-21(2)14(12-20)4-5-15-16-6-7-18(19(24)13-23)22(16,3)9-8-17(15)21;5-1-4-2-6-3-7-4;;;/h14,16-17,19-22,31H,4-12,15H2,1-3H3;14-18,25H,4-13H2,1-3H3;2-3H,(H,6,7);3*1H4/t17-,19-,20-,21-,22+,24+,25-,26-;14-,15-,16-,17-,18+,20+,21-,22-;;;;/m00..../s1. The van der Waals surface area contributed by atoms with E-state index in [1.54, 1.807) is 17.1 Å². The molecule has 368 valence electrons. The van der Waals surface area contributed by atoms with Crippen LogP contribution in [0.1, 0.15) is 191 Å². The largest absolute Gasteiger partial charge is 0.390 e. The van der Waals surface area contributed by atoms with Crippen molar-refractivity contribution in [2.75, 3.05) is 5.33 Å². The van der Waals surface area contributed by atoms with Crippen LogP contribution >= 0.6 is 15.9 Å². The van der Waals surface area contributed by atoms with Crippen LogP contribution in [0.2, 0.25) is 0 Å². The zero-order chi connectivity index (χ0) is 45.2. The second-order valence-electron chi connectivity index (χ2n) is 23.8. The predicted molar refractivity (Wildman–Crippen MR) is 266 cm³/mol. The smallest absolute Gasteiger partial charge is 0.158 e. The molecule has 0 bridgehead atoms. The number of alkyl halides is 1. The Morgan fingerprint density at radius 1 is 0.682 bits per heavy atom. The van der Waals surface area contributed by atoms with Gasteiger partial charge in [-0.3, -0.25) is 9.59 Å². The fourth-order valence-corrected chi connectivity index (χ4v) is 17.5. The predicted octanol–water partition coefficient (Wildman–Crippen LogP) is 12.3. The maximum atomic E-state index is 13.3. The van der Waals surface area contributed by atoms with Crippen molar-refractivity contribution in [1.82, 2.24) is 19.5 Å². The number of rotatable bonds is 5. The number of aliphatic hydroxyl groups is 2. The maximum absolute atomic E-state index is 13.3. The van der Waals surface area contributed by atoms with E-state index in [1.807, 2.05) is 26.0 Å². The number of H-pyrrole nitrogens is 1. The fourth-order valence-electron chi connectivity index (χ4n) is 17.1. The summed E-state index contributed by atoms with van der Waals surface area (Å²) < 4.78 is 1.78. The number of carbonyl (C=O) groups excluding carboxylic acids is 2. The molecule has 0 amide bonds. The van der Waals surface area contributed by atoms with E-state index in [9.17, 15) is 19.8 Å². The molecule has 66 heavy (non-hydrogen) atoms. The minimum absolute atomic E-state index is 0. The Labute approximate surface area is 407 Å². The first kappa shape index (κ1) is 54.1. The Morgan fingerprint density at radius 2 is 1.17 bits per heavy atom. The molecule has 16 atom stereocenters. The maximum Gasteiger partial charge on any atom is 0.158 e. The Bertz CT molecular complexity index is 2070. The minimum Gasteiger partial charge on any atom is -0.390 e. The van der Waals surface area contributed by atoms with Gasteiger partial charge in [0.15, 0.2) is 11.5 Å². The van der Waals surface area contributed by atoms with Gasteiger partial charge in [-0.2, -0.15) is 10.5 Å². The molecule has 0 aromatic carbocycles. The van der Waals surface area contributed by atoms with Crippen LogP contribution in [0.4, 0.5) is 0 Å². The van der Waals surface area contributed by atoms with Crippen molar-refractivity contribution in [2.24, 2.45) is 80.8 Å². The number of halogens is 1. The molecule has 0 aliphatic heterocycles. The highest BCUT2D eigenvalue weighted by molar-refractivity contribution is 9.09. The number of hydrogen-bond acceptors (Lipinski definition) is 8. The van der Waals surface area contributed by atoms with Gasteiger partial charge in [0.1, 0.15) is 23.6 Å². The first-order valence-electron chi connectivity index (χ1n) is 24.7. The molecule has 0 unspecified atom stereocenters. The molecule has 2 aromatic heterocycles. The second-order valence-corrected chi connectivity index (χ2v) is 24.3. The Kier molecular flexibility index (Phi) is 16.6. The minimum atomic E-state index is -0.482. The molecule has 3 N–H and O–H groups in total. The molecule has 0 spiro atoms. The van der Waals surface area contributed by atoms with Gasteiger partial charge < -0.3 is 19.8 Å². The van der Waals surface area contributed by atoms with Crippen molar-refractivity contribution >= 4 is 27.5 Å². The van der Waals surface area contributed by atoms with Crippen LogP contribution in [-0.2, 0) is 16.1 Å². The molecule has 10 nitrogen and oxygen atoms in total. The van der Waals surface area contributed by atoms with Gasteiger partial charge in [0.05, 0.1) is 41.9 Å². The lowest BCUT2D eigenvalue weighted by Gasteiger charge is -2.61. The highest BCUT2D eigenvalue weighted by atomic mass is 79.9. The third kappa shape index (κ3) is 9.68. The Hall–Kier alpha value is -2.86. The number of Topliss-reactive ketones (excluding diaryl/α,β-unsaturated/α-hetero) is 2. The third-order valence-electron chi connectivity index (χ3n) is 20.5. The number of fused-ring (bicyclic) bond motifs is 10. The fraction of sp³-hybridized carbons (Fsp3) is 0.818. The summed E-state index contributed by atoms with van der Waals surface area (Å²) in [4.78, 5) is 36.1. The lowest BCUT2D eigenvalue weighted by molar-refractivity contribution is -0.151. The van der Waals surface area contributed by atoms with E-state index in [1.165, 1.54) is 76.7 Å². The summed E-state index contributed by atoms with van der Waals surface area (Å²) in [6.07, 6.45) is 27.1. The summed E-state index contributed by atoms with van der Waals surface area (Å²) in [5, 5.41) is 38.9. The molecule has 0 saturated heterocycles. The summed E-state index contributed by atoms with van der Waals surface area (Å²) in [7, 11) is 0. The van der Waals surface area contributed by atoms with Crippen molar-refractivity contribution in [3.63, 3.8) is 0 Å². The molecule has 0 radical (unpaired) electrons. The molecule has 11 heteroatoms. The highest BCUT2D eigenvalue weighted by Gasteiger charge is 2.63. The molecule has 8 fully saturated rings. The van der Waals surface area contributed by atoms with E-state index in [0.29, 0.717) is 63.4 Å². The average Bonchev–Trinajstić information content (AvgIpc) is 4.07. The number of nitrogens with one attached hydrogen (secondary N) is 1. The van der Waals surface area contributed by atoms with Crippen molar-refractivity contribution in [3.05, 3.63) is 36.4 Å². The number of ketones is 2. The van der Waals surface area contributed by atoms with Gasteiger partial charge in [-0.15, -0.1) is 0 Å². The number of aromatic amines is 1. The van der Waals surface area contributed by atoms with E-state index in [-0.39, 0.29) is 44.9 Å². The van der Waals surface area contributed by atoms with Crippen LogP contribution in [0, 0.1) is 104 Å². The van der Waals surface area contributed by atoms with Crippen LogP contribution in [0.25, 0.3) is 0 Å². The molecule has 2 aromatic rings. The topological polar surface area (TPSA) is 169 Å². The number of imidazole rings is 2. The summed E-state index contributed by atoms with van der Waals surface area (Å²) in [6, 6.07) is 3.94. The monoisotopic (exact) mass is 975 g/mol.